The zero-order valence-corrected chi connectivity index (χ0v) is 13.8. The summed E-state index contributed by atoms with van der Waals surface area (Å²) in [6.07, 6.45) is -2.63. The van der Waals surface area contributed by atoms with Crippen molar-refractivity contribution < 1.29 is 23.1 Å². The molecule has 0 amide bonds. The number of hydrogen-bond donors (Lipinski definition) is 1. The van der Waals surface area contributed by atoms with E-state index in [-0.39, 0.29) is 5.56 Å². The summed E-state index contributed by atoms with van der Waals surface area (Å²) in [7, 11) is 0. The van der Waals surface area contributed by atoms with Crippen LogP contribution in [0.5, 0.6) is 0 Å². The van der Waals surface area contributed by atoms with Crippen LogP contribution in [0, 0.1) is 0 Å². The number of benzene rings is 2. The number of para-hydroxylation sites is 1. The van der Waals surface area contributed by atoms with Crippen LogP contribution in [0.25, 0.3) is 10.9 Å². The molecule has 132 valence electrons. The highest BCUT2D eigenvalue weighted by Crippen LogP contribution is 2.29. The number of carbonyl (C=O) groups is 1. The van der Waals surface area contributed by atoms with E-state index in [0.29, 0.717) is 17.6 Å². The molecule has 3 aromatic rings. The van der Waals surface area contributed by atoms with E-state index in [9.17, 15) is 23.1 Å². The van der Waals surface area contributed by atoms with Gasteiger partial charge in [0.1, 0.15) is 0 Å². The molecule has 0 aliphatic carbocycles. The highest BCUT2D eigenvalue weighted by Gasteiger charge is 2.29. The van der Waals surface area contributed by atoms with Gasteiger partial charge in [0.15, 0.2) is 0 Å². The summed E-state index contributed by atoms with van der Waals surface area (Å²) >= 11 is 0. The van der Waals surface area contributed by atoms with Gasteiger partial charge in [0.2, 0.25) is 0 Å². The molecule has 0 spiro atoms. The zero-order valence-electron chi connectivity index (χ0n) is 13.8. The highest BCUT2D eigenvalue weighted by atomic mass is 19.4. The maximum atomic E-state index is 12.6. The molecule has 3 rings (SSSR count). The first-order chi connectivity index (χ1) is 11.9. The van der Waals surface area contributed by atoms with Gasteiger partial charge in [0.05, 0.1) is 16.6 Å². The van der Waals surface area contributed by atoms with Crippen molar-refractivity contribution in [2.75, 3.05) is 0 Å². The third kappa shape index (κ3) is 4.02. The fourth-order valence-corrected chi connectivity index (χ4v) is 2.56. The summed E-state index contributed by atoms with van der Waals surface area (Å²) in [5, 5.41) is 10.1. The molecule has 25 heavy (non-hydrogen) atoms. The molecule has 1 aromatic heterocycles. The van der Waals surface area contributed by atoms with E-state index in [0.717, 1.165) is 17.5 Å². The van der Waals surface area contributed by atoms with Crippen LogP contribution in [-0.2, 0) is 12.7 Å². The fourth-order valence-electron chi connectivity index (χ4n) is 2.56. The lowest BCUT2D eigenvalue weighted by Gasteiger charge is -2.10. The van der Waals surface area contributed by atoms with E-state index >= 15 is 0 Å². The number of alkyl halides is 3. The number of halogens is 3. The number of carboxylic acids is 1. The first-order valence-corrected chi connectivity index (χ1v) is 7.83. The number of fused-ring (bicyclic) bond motifs is 1. The largest absolute Gasteiger partial charge is 0.478 e. The van der Waals surface area contributed by atoms with E-state index < -0.39 is 17.7 Å². The Bertz CT molecular complexity index is 865. The summed E-state index contributed by atoms with van der Waals surface area (Å²) < 4.78 is 39.5. The second-order valence-corrected chi connectivity index (χ2v) is 5.19. The minimum atomic E-state index is -4.37. The Morgan fingerprint density at radius 3 is 2.24 bits per heavy atom. The van der Waals surface area contributed by atoms with Gasteiger partial charge in [-0.05, 0) is 29.8 Å². The van der Waals surface area contributed by atoms with Crippen molar-refractivity contribution in [1.82, 2.24) is 4.57 Å². The Kier molecular flexibility index (Phi) is 5.51. The van der Waals surface area contributed by atoms with Gasteiger partial charge in [-0.2, -0.15) is 13.2 Å². The Hall–Kier alpha value is -2.76. The molecule has 2 aromatic carbocycles. The number of rotatable bonds is 3. The zero-order chi connectivity index (χ0) is 18.6. The van der Waals surface area contributed by atoms with Crippen molar-refractivity contribution >= 4 is 16.9 Å². The third-order valence-electron chi connectivity index (χ3n) is 3.65. The van der Waals surface area contributed by atoms with E-state index in [1.54, 1.807) is 29.0 Å². The second-order valence-electron chi connectivity index (χ2n) is 5.19. The molecule has 3 nitrogen and oxygen atoms in total. The number of aromatic nitrogens is 1. The molecule has 6 heteroatoms. The first-order valence-electron chi connectivity index (χ1n) is 7.83. The van der Waals surface area contributed by atoms with Crippen LogP contribution in [-0.4, -0.2) is 15.6 Å². The van der Waals surface area contributed by atoms with E-state index in [1.807, 2.05) is 13.8 Å². The number of aromatic carboxylic acids is 1. The minimum absolute atomic E-state index is 0.166. The van der Waals surface area contributed by atoms with Crippen molar-refractivity contribution in [3.8, 4) is 0 Å². The number of carboxylic acid groups (broad SMARTS) is 1. The molecular weight excluding hydrogens is 331 g/mol. The standard InChI is InChI=1S/C17H12F3NO2.C2H6/c18-17(19,20)13-6-4-11(5-7-13)10-21-9-8-12-2-1-3-14(15(12)21)16(22)23;1-2/h1-9H,10H2,(H,22,23);1-2H3. The number of nitrogens with zero attached hydrogens (tertiary/aromatic N) is 1. The molecule has 0 unspecified atom stereocenters. The summed E-state index contributed by atoms with van der Waals surface area (Å²) in [6, 6.07) is 11.6. The summed E-state index contributed by atoms with van der Waals surface area (Å²) in [6.45, 7) is 4.30. The van der Waals surface area contributed by atoms with Crippen LogP contribution in [0.15, 0.2) is 54.7 Å². The maximum absolute atomic E-state index is 12.6. The molecule has 0 fully saturated rings. The van der Waals surface area contributed by atoms with Crippen LogP contribution in [0.4, 0.5) is 13.2 Å². The Morgan fingerprint density at radius 1 is 1.04 bits per heavy atom. The van der Waals surface area contributed by atoms with Crippen LogP contribution < -0.4 is 0 Å². The van der Waals surface area contributed by atoms with Gasteiger partial charge in [0.25, 0.3) is 0 Å². The Morgan fingerprint density at radius 2 is 1.68 bits per heavy atom. The van der Waals surface area contributed by atoms with E-state index in [2.05, 4.69) is 0 Å². The van der Waals surface area contributed by atoms with Crippen LogP contribution in [0.1, 0.15) is 35.3 Å². The molecule has 1 heterocycles. The Balaban J connectivity index is 0.00000109. The lowest BCUT2D eigenvalue weighted by Crippen LogP contribution is -2.06. The molecule has 0 saturated carbocycles. The lowest BCUT2D eigenvalue weighted by molar-refractivity contribution is -0.137. The number of hydrogen-bond acceptors (Lipinski definition) is 1. The van der Waals surface area contributed by atoms with Gasteiger partial charge < -0.3 is 9.67 Å². The van der Waals surface area contributed by atoms with Crippen molar-refractivity contribution in [1.29, 1.82) is 0 Å². The van der Waals surface area contributed by atoms with Gasteiger partial charge in [-0.15, -0.1) is 0 Å². The second kappa shape index (κ2) is 7.42. The lowest BCUT2D eigenvalue weighted by atomic mass is 10.1. The van der Waals surface area contributed by atoms with E-state index in [1.165, 1.54) is 18.2 Å². The van der Waals surface area contributed by atoms with Crippen LogP contribution in [0.2, 0.25) is 0 Å². The first kappa shape index (κ1) is 18.6. The summed E-state index contributed by atoms with van der Waals surface area (Å²) in [4.78, 5) is 11.3. The smallest absolute Gasteiger partial charge is 0.416 e. The average Bonchev–Trinajstić information content (AvgIpc) is 2.99. The maximum Gasteiger partial charge on any atom is 0.416 e. The monoisotopic (exact) mass is 349 g/mol. The molecule has 0 aliphatic heterocycles. The SMILES string of the molecule is CC.O=C(O)c1cccc2ccn(Cc3ccc(C(F)(F)F)cc3)c12. The third-order valence-corrected chi connectivity index (χ3v) is 3.65. The molecule has 1 N–H and O–H groups in total. The normalized spacial score (nSPS) is 11.1. The van der Waals surface area contributed by atoms with Crippen molar-refractivity contribution in [3.63, 3.8) is 0 Å². The fraction of sp³-hybridized carbons (Fsp3) is 0.211. The molecule has 0 bridgehead atoms. The summed E-state index contributed by atoms with van der Waals surface area (Å²) in [5.41, 5.74) is 0.680. The molecule has 0 radical (unpaired) electrons. The van der Waals surface area contributed by atoms with Gasteiger partial charge in [0, 0.05) is 18.1 Å². The van der Waals surface area contributed by atoms with Crippen LogP contribution in [0.3, 0.4) is 0 Å². The van der Waals surface area contributed by atoms with Crippen molar-refractivity contribution in [2.24, 2.45) is 0 Å². The van der Waals surface area contributed by atoms with Crippen LogP contribution >= 0.6 is 0 Å². The average molecular weight is 349 g/mol. The van der Waals surface area contributed by atoms with Crippen molar-refractivity contribution in [2.45, 2.75) is 26.6 Å². The Labute approximate surface area is 143 Å². The quantitative estimate of drug-likeness (QED) is 0.685. The predicted octanol–water partition coefficient (Wildman–Crippen LogP) is 5.43. The predicted molar refractivity (Wildman–Crippen MR) is 90.8 cm³/mol. The van der Waals surface area contributed by atoms with Gasteiger partial charge in [-0.1, -0.05) is 38.1 Å². The molecule has 0 saturated heterocycles. The van der Waals surface area contributed by atoms with E-state index in [4.69, 9.17) is 0 Å². The topological polar surface area (TPSA) is 42.2 Å². The highest BCUT2D eigenvalue weighted by molar-refractivity contribution is 6.02. The van der Waals surface area contributed by atoms with Gasteiger partial charge in [-0.3, -0.25) is 0 Å². The minimum Gasteiger partial charge on any atom is -0.478 e. The summed E-state index contributed by atoms with van der Waals surface area (Å²) in [5.74, 6) is -1.04. The molecule has 0 atom stereocenters. The van der Waals surface area contributed by atoms with Gasteiger partial charge >= 0.3 is 12.1 Å². The van der Waals surface area contributed by atoms with Gasteiger partial charge in [-0.25, -0.2) is 4.79 Å². The molecular formula is C19H18F3NO2. The van der Waals surface area contributed by atoms with Crippen molar-refractivity contribution in [3.05, 3.63) is 71.4 Å². The molecule has 0 aliphatic rings.